The first-order valence-corrected chi connectivity index (χ1v) is 10.2. The number of carbonyl (C=O) groups excluding carboxylic acids is 1. The highest BCUT2D eigenvalue weighted by atomic mass is 19.1. The number of nitrogens with zero attached hydrogens (tertiary/aromatic N) is 2. The zero-order valence-corrected chi connectivity index (χ0v) is 18.7. The van der Waals surface area contributed by atoms with E-state index in [1.807, 2.05) is 0 Å². The van der Waals surface area contributed by atoms with Crippen molar-refractivity contribution in [3.8, 4) is 17.2 Å². The van der Waals surface area contributed by atoms with E-state index >= 15 is 0 Å². The van der Waals surface area contributed by atoms with Crippen LogP contribution in [0.1, 0.15) is 16.1 Å². The van der Waals surface area contributed by atoms with Gasteiger partial charge in [-0.2, -0.15) is 0 Å². The van der Waals surface area contributed by atoms with E-state index in [9.17, 15) is 14.0 Å². The molecule has 0 aliphatic carbocycles. The largest absolute Gasteiger partial charge is 0.493 e. The molecule has 4 rings (SSSR count). The fourth-order valence-corrected chi connectivity index (χ4v) is 3.55. The van der Waals surface area contributed by atoms with Crippen LogP contribution in [0.5, 0.6) is 17.2 Å². The predicted molar refractivity (Wildman–Crippen MR) is 123 cm³/mol. The van der Waals surface area contributed by atoms with Crippen molar-refractivity contribution in [1.82, 2.24) is 4.98 Å². The fraction of sp³-hybridized carbons (Fsp3) is 0.160. The van der Waals surface area contributed by atoms with Crippen molar-refractivity contribution in [2.24, 2.45) is 0 Å². The number of methoxy groups -OCH3 is 3. The third-order valence-corrected chi connectivity index (χ3v) is 5.14. The lowest BCUT2D eigenvalue weighted by Crippen LogP contribution is -2.31. The Balaban J connectivity index is 1.79. The first-order chi connectivity index (χ1) is 16.4. The standard InChI is InChI=1S/C25H21FN2O6/c1-31-20-10-15(11-21(32-2)24(20)33-3)14-28(23-6-4-5-9-27-23)25(30)22-13-18(29)17-12-16(26)7-8-19(17)34-22/h4-13H,14H2,1-3H3. The quantitative estimate of drug-likeness (QED) is 0.405. The van der Waals surface area contributed by atoms with Gasteiger partial charge in [-0.25, -0.2) is 9.37 Å². The summed E-state index contributed by atoms with van der Waals surface area (Å²) in [6.45, 7) is 0.0533. The van der Waals surface area contributed by atoms with Gasteiger partial charge in [0, 0.05) is 12.3 Å². The number of hydrogen-bond acceptors (Lipinski definition) is 7. The zero-order valence-electron chi connectivity index (χ0n) is 18.7. The van der Waals surface area contributed by atoms with Gasteiger partial charge in [0.05, 0.1) is 33.3 Å². The lowest BCUT2D eigenvalue weighted by Gasteiger charge is -2.22. The molecule has 2 heterocycles. The Bertz CT molecular complexity index is 1380. The number of pyridine rings is 1. The molecule has 0 saturated heterocycles. The molecule has 2 aromatic carbocycles. The molecule has 34 heavy (non-hydrogen) atoms. The van der Waals surface area contributed by atoms with E-state index in [4.69, 9.17) is 18.6 Å². The Hall–Kier alpha value is -4.40. The molecule has 0 unspecified atom stereocenters. The minimum atomic E-state index is -0.601. The van der Waals surface area contributed by atoms with Crippen molar-refractivity contribution in [1.29, 1.82) is 0 Å². The minimum absolute atomic E-state index is 0.0468. The Morgan fingerprint density at radius 3 is 2.35 bits per heavy atom. The SMILES string of the molecule is COc1cc(CN(C(=O)c2cc(=O)c3cc(F)ccc3o2)c2ccccn2)cc(OC)c1OC. The summed E-state index contributed by atoms with van der Waals surface area (Å²) < 4.78 is 35.4. The predicted octanol–water partition coefficient (Wildman–Crippen LogP) is 4.20. The molecular weight excluding hydrogens is 443 g/mol. The van der Waals surface area contributed by atoms with Crippen LogP contribution >= 0.6 is 0 Å². The number of fused-ring (bicyclic) bond motifs is 1. The van der Waals surface area contributed by atoms with E-state index in [0.29, 0.717) is 28.6 Å². The van der Waals surface area contributed by atoms with E-state index < -0.39 is 17.2 Å². The molecule has 0 radical (unpaired) electrons. The van der Waals surface area contributed by atoms with E-state index in [2.05, 4.69) is 4.98 Å². The number of anilines is 1. The maximum atomic E-state index is 13.6. The molecule has 0 aliphatic rings. The van der Waals surface area contributed by atoms with Gasteiger partial charge in [-0.3, -0.25) is 14.5 Å². The molecule has 174 valence electrons. The molecule has 9 heteroatoms. The molecule has 8 nitrogen and oxygen atoms in total. The number of ether oxygens (including phenoxy) is 3. The van der Waals surface area contributed by atoms with Gasteiger partial charge in [0.15, 0.2) is 22.7 Å². The Morgan fingerprint density at radius 1 is 1.00 bits per heavy atom. The van der Waals surface area contributed by atoms with Gasteiger partial charge in [-0.15, -0.1) is 0 Å². The van der Waals surface area contributed by atoms with Crippen molar-refractivity contribution < 1.29 is 27.8 Å². The van der Waals surface area contributed by atoms with Crippen LogP contribution in [0.4, 0.5) is 10.2 Å². The highest BCUT2D eigenvalue weighted by Crippen LogP contribution is 2.38. The Labute approximate surface area is 194 Å². The monoisotopic (exact) mass is 464 g/mol. The minimum Gasteiger partial charge on any atom is -0.493 e. The molecule has 0 N–H and O–H groups in total. The maximum Gasteiger partial charge on any atom is 0.295 e. The van der Waals surface area contributed by atoms with Gasteiger partial charge < -0.3 is 18.6 Å². The van der Waals surface area contributed by atoms with Crippen molar-refractivity contribution in [2.45, 2.75) is 6.54 Å². The van der Waals surface area contributed by atoms with Crippen LogP contribution < -0.4 is 24.5 Å². The lowest BCUT2D eigenvalue weighted by atomic mass is 10.1. The number of amides is 1. The zero-order chi connectivity index (χ0) is 24.2. The highest BCUT2D eigenvalue weighted by molar-refractivity contribution is 6.04. The van der Waals surface area contributed by atoms with Gasteiger partial charge in [-0.05, 0) is 48.0 Å². The number of hydrogen-bond donors (Lipinski definition) is 0. The summed E-state index contributed by atoms with van der Waals surface area (Å²) in [5.41, 5.74) is 0.225. The third kappa shape index (κ3) is 4.40. The van der Waals surface area contributed by atoms with Crippen LogP contribution in [0.2, 0.25) is 0 Å². The second-order valence-corrected chi connectivity index (χ2v) is 7.23. The summed E-state index contributed by atoms with van der Waals surface area (Å²) in [6, 6.07) is 13.1. The molecular formula is C25H21FN2O6. The average Bonchev–Trinajstić information content (AvgIpc) is 2.87. The Kier molecular flexibility index (Phi) is 6.44. The molecule has 0 fully saturated rings. The summed E-state index contributed by atoms with van der Waals surface area (Å²) in [5, 5.41) is 0.0468. The van der Waals surface area contributed by atoms with Crippen LogP contribution in [0.15, 0.2) is 70.0 Å². The number of carbonyl (C=O) groups is 1. The number of halogens is 1. The topological polar surface area (TPSA) is 91.1 Å². The average molecular weight is 464 g/mol. The second kappa shape index (κ2) is 9.62. The Morgan fingerprint density at radius 2 is 1.74 bits per heavy atom. The third-order valence-electron chi connectivity index (χ3n) is 5.14. The van der Waals surface area contributed by atoms with Crippen LogP contribution in [-0.2, 0) is 6.54 Å². The van der Waals surface area contributed by atoms with Gasteiger partial charge in [0.2, 0.25) is 5.75 Å². The fourth-order valence-electron chi connectivity index (χ4n) is 3.55. The summed E-state index contributed by atoms with van der Waals surface area (Å²) >= 11 is 0. The molecule has 0 atom stereocenters. The van der Waals surface area contributed by atoms with Crippen molar-refractivity contribution in [3.05, 3.63) is 88.2 Å². The summed E-state index contributed by atoms with van der Waals surface area (Å²) in [7, 11) is 4.49. The van der Waals surface area contributed by atoms with Crippen LogP contribution in [0.3, 0.4) is 0 Å². The maximum absolute atomic E-state index is 13.6. The van der Waals surface area contributed by atoms with Crippen LogP contribution in [-0.4, -0.2) is 32.2 Å². The molecule has 0 spiro atoms. The van der Waals surface area contributed by atoms with Crippen LogP contribution in [0, 0.1) is 5.82 Å². The summed E-state index contributed by atoms with van der Waals surface area (Å²) in [6.07, 6.45) is 1.55. The number of aromatic nitrogens is 1. The van der Waals surface area contributed by atoms with Crippen LogP contribution in [0.25, 0.3) is 11.0 Å². The van der Waals surface area contributed by atoms with E-state index in [0.717, 1.165) is 18.2 Å². The summed E-state index contributed by atoms with van der Waals surface area (Å²) in [4.78, 5) is 31.7. The molecule has 2 aromatic heterocycles. The highest BCUT2D eigenvalue weighted by Gasteiger charge is 2.24. The smallest absolute Gasteiger partial charge is 0.295 e. The van der Waals surface area contributed by atoms with Crippen molar-refractivity contribution in [2.75, 3.05) is 26.2 Å². The van der Waals surface area contributed by atoms with Crippen molar-refractivity contribution >= 4 is 22.7 Å². The number of rotatable bonds is 7. The molecule has 1 amide bonds. The van der Waals surface area contributed by atoms with Gasteiger partial charge in [0.1, 0.15) is 17.2 Å². The lowest BCUT2D eigenvalue weighted by molar-refractivity contribution is 0.0958. The van der Waals surface area contributed by atoms with E-state index in [1.165, 1.54) is 32.3 Å². The van der Waals surface area contributed by atoms with Gasteiger partial charge >= 0.3 is 0 Å². The molecule has 0 aliphatic heterocycles. The first kappa shape index (κ1) is 22.8. The first-order valence-electron chi connectivity index (χ1n) is 10.2. The van der Waals surface area contributed by atoms with Crippen molar-refractivity contribution in [3.63, 3.8) is 0 Å². The van der Waals surface area contributed by atoms with E-state index in [-0.39, 0.29) is 23.3 Å². The van der Waals surface area contributed by atoms with Gasteiger partial charge in [0.25, 0.3) is 5.91 Å². The van der Waals surface area contributed by atoms with E-state index in [1.54, 1.807) is 36.5 Å². The van der Waals surface area contributed by atoms with Gasteiger partial charge in [-0.1, -0.05) is 6.07 Å². The molecule has 4 aromatic rings. The molecule has 0 saturated carbocycles. The normalized spacial score (nSPS) is 10.7. The molecule has 0 bridgehead atoms. The number of benzene rings is 2. The summed E-state index contributed by atoms with van der Waals surface area (Å²) in [5.74, 6) is 0.212. The second-order valence-electron chi connectivity index (χ2n) is 7.23.